The third-order valence-electron chi connectivity index (χ3n) is 4.03. The van der Waals surface area contributed by atoms with E-state index < -0.39 is 5.97 Å². The molecule has 0 fully saturated rings. The monoisotopic (exact) mass is 318 g/mol. The number of ether oxygens (including phenoxy) is 1. The molecule has 0 saturated heterocycles. The van der Waals surface area contributed by atoms with E-state index in [1.165, 1.54) is 7.11 Å². The number of hydrogen-bond acceptors (Lipinski definition) is 4. The molecule has 2 heterocycles. The molecule has 0 aliphatic heterocycles. The number of nitrogens with zero attached hydrogens (tertiary/aromatic N) is 1. The van der Waals surface area contributed by atoms with E-state index in [4.69, 9.17) is 4.74 Å². The molecule has 4 rings (SSSR count). The van der Waals surface area contributed by atoms with Gasteiger partial charge in [0.15, 0.2) is 0 Å². The number of H-pyrrole nitrogens is 1. The number of nitrogens with one attached hydrogen (secondary N) is 1. The second kappa shape index (κ2) is 5.38. The van der Waals surface area contributed by atoms with Gasteiger partial charge in [-0.3, -0.25) is 0 Å². The first kappa shape index (κ1) is 14.3. The Morgan fingerprint density at radius 2 is 1.83 bits per heavy atom. The molecule has 2 aromatic heterocycles. The van der Waals surface area contributed by atoms with Crippen molar-refractivity contribution in [1.82, 2.24) is 9.97 Å². The fourth-order valence-corrected chi connectivity index (χ4v) is 2.88. The van der Waals surface area contributed by atoms with Crippen LogP contribution in [0.25, 0.3) is 33.1 Å². The molecular formula is C19H14N2O3. The molecule has 0 radical (unpaired) electrons. The molecule has 5 nitrogen and oxygen atoms in total. The third-order valence-corrected chi connectivity index (χ3v) is 4.03. The van der Waals surface area contributed by atoms with Crippen LogP contribution in [0.4, 0.5) is 0 Å². The molecule has 0 atom stereocenters. The van der Waals surface area contributed by atoms with Crippen molar-refractivity contribution in [2.45, 2.75) is 0 Å². The number of hydrogen-bond donors (Lipinski definition) is 2. The summed E-state index contributed by atoms with van der Waals surface area (Å²) in [5.41, 5.74) is 3.50. The summed E-state index contributed by atoms with van der Waals surface area (Å²) >= 11 is 0. The first-order valence-electron chi connectivity index (χ1n) is 7.46. The van der Waals surface area contributed by atoms with Crippen LogP contribution in [0.3, 0.4) is 0 Å². The lowest BCUT2D eigenvalue weighted by Gasteiger charge is -2.06. The van der Waals surface area contributed by atoms with Crippen LogP contribution in [0.2, 0.25) is 0 Å². The SMILES string of the molecule is COC(=O)c1cc2c([nH]c3ccccc32)c(-c2ccc(O)cc2)n1. The Morgan fingerprint density at radius 1 is 1.08 bits per heavy atom. The zero-order chi connectivity index (χ0) is 16.7. The second-order valence-corrected chi connectivity index (χ2v) is 5.49. The summed E-state index contributed by atoms with van der Waals surface area (Å²) in [5, 5.41) is 11.4. The Morgan fingerprint density at radius 3 is 2.58 bits per heavy atom. The number of fused-ring (bicyclic) bond motifs is 3. The smallest absolute Gasteiger partial charge is 0.356 e. The van der Waals surface area contributed by atoms with Crippen LogP contribution >= 0.6 is 0 Å². The maximum absolute atomic E-state index is 12.0. The Balaban J connectivity index is 2.09. The van der Waals surface area contributed by atoms with Crippen molar-refractivity contribution in [3.63, 3.8) is 0 Å². The fraction of sp³-hybridized carbons (Fsp3) is 0.0526. The first-order valence-corrected chi connectivity index (χ1v) is 7.46. The molecule has 0 amide bonds. The molecule has 0 spiro atoms. The first-order chi connectivity index (χ1) is 11.7. The van der Waals surface area contributed by atoms with Crippen LogP contribution in [-0.4, -0.2) is 28.2 Å². The van der Waals surface area contributed by atoms with Gasteiger partial charge in [0.2, 0.25) is 0 Å². The average Bonchev–Trinajstić information content (AvgIpc) is 2.99. The van der Waals surface area contributed by atoms with Crippen molar-refractivity contribution in [2.75, 3.05) is 7.11 Å². The topological polar surface area (TPSA) is 75.2 Å². The largest absolute Gasteiger partial charge is 0.508 e. The minimum absolute atomic E-state index is 0.177. The van der Waals surface area contributed by atoms with E-state index in [0.29, 0.717) is 5.69 Å². The van der Waals surface area contributed by atoms with E-state index in [2.05, 4.69) is 9.97 Å². The van der Waals surface area contributed by atoms with Crippen LogP contribution in [0.1, 0.15) is 10.5 Å². The molecule has 4 aromatic rings. The molecule has 0 saturated carbocycles. The number of para-hydroxylation sites is 1. The molecule has 0 aliphatic carbocycles. The quantitative estimate of drug-likeness (QED) is 0.550. The number of rotatable bonds is 2. The van der Waals surface area contributed by atoms with Gasteiger partial charge in [0, 0.05) is 21.9 Å². The Bertz CT molecular complexity index is 1070. The summed E-state index contributed by atoms with van der Waals surface area (Å²) in [7, 11) is 1.34. The lowest BCUT2D eigenvalue weighted by Crippen LogP contribution is -2.05. The summed E-state index contributed by atoms with van der Waals surface area (Å²) in [6.45, 7) is 0. The molecule has 5 heteroatoms. The summed E-state index contributed by atoms with van der Waals surface area (Å²) < 4.78 is 4.83. The van der Waals surface area contributed by atoms with Crippen LogP contribution < -0.4 is 0 Å². The van der Waals surface area contributed by atoms with Crippen LogP contribution in [0.15, 0.2) is 54.6 Å². The number of carbonyl (C=O) groups excluding carboxylic acids is 1. The maximum atomic E-state index is 12.0. The molecule has 0 bridgehead atoms. The van der Waals surface area contributed by atoms with Crippen LogP contribution in [0, 0.1) is 0 Å². The van der Waals surface area contributed by atoms with Gasteiger partial charge in [-0.05, 0) is 36.4 Å². The van der Waals surface area contributed by atoms with E-state index in [9.17, 15) is 9.90 Å². The lowest BCUT2D eigenvalue weighted by atomic mass is 10.1. The van der Waals surface area contributed by atoms with Crippen molar-refractivity contribution < 1.29 is 14.6 Å². The highest BCUT2D eigenvalue weighted by molar-refractivity contribution is 6.12. The standard InChI is InChI=1S/C19H14N2O3/c1-24-19(23)16-10-14-13-4-2-3-5-15(13)20-18(14)17(21-16)11-6-8-12(22)9-7-11/h2-10,20,22H,1H3. The van der Waals surface area contributed by atoms with Gasteiger partial charge in [0.1, 0.15) is 11.4 Å². The van der Waals surface area contributed by atoms with Gasteiger partial charge in [-0.1, -0.05) is 18.2 Å². The van der Waals surface area contributed by atoms with Gasteiger partial charge in [-0.25, -0.2) is 9.78 Å². The maximum Gasteiger partial charge on any atom is 0.356 e. The van der Waals surface area contributed by atoms with Crippen LogP contribution in [0.5, 0.6) is 5.75 Å². The average molecular weight is 318 g/mol. The Labute approximate surface area is 137 Å². The highest BCUT2D eigenvalue weighted by Crippen LogP contribution is 2.33. The van der Waals surface area contributed by atoms with E-state index in [1.54, 1.807) is 30.3 Å². The van der Waals surface area contributed by atoms with Gasteiger partial charge in [0.25, 0.3) is 0 Å². The number of benzene rings is 2. The number of phenolic OH excluding ortho intramolecular Hbond substituents is 1. The van der Waals surface area contributed by atoms with Gasteiger partial charge in [0.05, 0.1) is 18.3 Å². The molecule has 0 unspecified atom stereocenters. The second-order valence-electron chi connectivity index (χ2n) is 5.49. The summed E-state index contributed by atoms with van der Waals surface area (Å²) in [6.07, 6.45) is 0. The highest BCUT2D eigenvalue weighted by Gasteiger charge is 2.17. The van der Waals surface area contributed by atoms with Gasteiger partial charge in [-0.15, -0.1) is 0 Å². The highest BCUT2D eigenvalue weighted by atomic mass is 16.5. The van der Waals surface area contributed by atoms with E-state index >= 15 is 0 Å². The molecular weight excluding hydrogens is 304 g/mol. The number of carbonyl (C=O) groups is 1. The lowest BCUT2D eigenvalue weighted by molar-refractivity contribution is 0.0594. The zero-order valence-corrected chi connectivity index (χ0v) is 12.9. The molecule has 2 N–H and O–H groups in total. The van der Waals surface area contributed by atoms with E-state index in [1.807, 2.05) is 24.3 Å². The van der Waals surface area contributed by atoms with Crippen molar-refractivity contribution in [2.24, 2.45) is 0 Å². The van der Waals surface area contributed by atoms with Crippen molar-refractivity contribution >= 4 is 27.8 Å². The number of esters is 1. The molecule has 2 aromatic carbocycles. The van der Waals surface area contributed by atoms with Crippen molar-refractivity contribution in [3.8, 4) is 17.0 Å². The van der Waals surface area contributed by atoms with Crippen molar-refractivity contribution in [1.29, 1.82) is 0 Å². The predicted molar refractivity (Wildman–Crippen MR) is 92.0 cm³/mol. The fourth-order valence-electron chi connectivity index (χ4n) is 2.88. The number of methoxy groups -OCH3 is 1. The predicted octanol–water partition coefficient (Wildman–Crippen LogP) is 3.88. The zero-order valence-electron chi connectivity index (χ0n) is 12.9. The Hall–Kier alpha value is -3.34. The number of phenols is 1. The normalized spacial score (nSPS) is 11.0. The van der Waals surface area contributed by atoms with E-state index in [-0.39, 0.29) is 11.4 Å². The van der Waals surface area contributed by atoms with Crippen molar-refractivity contribution in [3.05, 3.63) is 60.3 Å². The van der Waals surface area contributed by atoms with Gasteiger partial charge in [-0.2, -0.15) is 0 Å². The molecule has 0 aliphatic rings. The number of aromatic hydroxyl groups is 1. The van der Waals surface area contributed by atoms with Gasteiger partial charge >= 0.3 is 5.97 Å². The minimum atomic E-state index is -0.484. The van der Waals surface area contributed by atoms with Gasteiger partial charge < -0.3 is 14.8 Å². The number of pyridine rings is 1. The third kappa shape index (κ3) is 2.18. The Kier molecular flexibility index (Phi) is 3.20. The number of aromatic amines is 1. The van der Waals surface area contributed by atoms with E-state index in [0.717, 1.165) is 27.4 Å². The summed E-state index contributed by atoms with van der Waals surface area (Å²) in [4.78, 5) is 19.9. The summed E-state index contributed by atoms with van der Waals surface area (Å²) in [5.74, 6) is -0.307. The molecule has 118 valence electrons. The molecule has 24 heavy (non-hydrogen) atoms. The van der Waals surface area contributed by atoms with Crippen LogP contribution in [-0.2, 0) is 4.74 Å². The summed E-state index contributed by atoms with van der Waals surface area (Å²) in [6, 6.07) is 16.3. The number of aromatic nitrogens is 2. The minimum Gasteiger partial charge on any atom is -0.508 e.